The van der Waals surface area contributed by atoms with Crippen LogP contribution in [0.25, 0.3) is 0 Å². The molecule has 3 nitrogen and oxygen atoms in total. The van der Waals surface area contributed by atoms with Crippen LogP contribution in [0.3, 0.4) is 0 Å². The fourth-order valence-corrected chi connectivity index (χ4v) is 3.41. The molecule has 130 valence electrons. The maximum absolute atomic E-state index is 9.47. The Bertz CT molecular complexity index is 485. The second kappa shape index (κ2) is 8.70. The van der Waals surface area contributed by atoms with Crippen LogP contribution in [0.2, 0.25) is 0 Å². The first-order valence-electron chi connectivity index (χ1n) is 9.21. The third-order valence-corrected chi connectivity index (χ3v) is 5.20. The van der Waals surface area contributed by atoms with Crippen molar-refractivity contribution < 1.29 is 9.84 Å². The van der Waals surface area contributed by atoms with Crippen LogP contribution < -0.4 is 10.5 Å². The number of nitrogens with two attached hydrogens (primary N) is 1. The number of hydrogen-bond acceptors (Lipinski definition) is 3. The lowest BCUT2D eigenvalue weighted by atomic mass is 9.74. The monoisotopic (exact) mass is 319 g/mol. The zero-order valence-electron chi connectivity index (χ0n) is 14.8. The van der Waals surface area contributed by atoms with Crippen molar-refractivity contribution in [2.75, 3.05) is 13.2 Å². The Morgan fingerprint density at radius 2 is 2.00 bits per heavy atom. The molecule has 0 saturated carbocycles. The Morgan fingerprint density at radius 1 is 1.22 bits per heavy atom. The lowest BCUT2D eigenvalue weighted by Gasteiger charge is -2.36. The van der Waals surface area contributed by atoms with Crippen molar-refractivity contribution in [1.29, 1.82) is 0 Å². The summed E-state index contributed by atoms with van der Waals surface area (Å²) in [7, 11) is 0. The summed E-state index contributed by atoms with van der Waals surface area (Å²) in [6, 6.07) is 6.46. The van der Waals surface area contributed by atoms with Crippen molar-refractivity contribution >= 4 is 0 Å². The summed E-state index contributed by atoms with van der Waals surface area (Å²) >= 11 is 0. The van der Waals surface area contributed by atoms with Gasteiger partial charge in [-0.2, -0.15) is 0 Å². The molecule has 0 aliphatic heterocycles. The fourth-order valence-electron chi connectivity index (χ4n) is 3.41. The fraction of sp³-hybridized carbons (Fsp3) is 0.700. The van der Waals surface area contributed by atoms with Gasteiger partial charge in [0.1, 0.15) is 5.75 Å². The third-order valence-electron chi connectivity index (χ3n) is 5.20. The normalized spacial score (nSPS) is 19.9. The number of hydrogen-bond donors (Lipinski definition) is 2. The van der Waals surface area contributed by atoms with Gasteiger partial charge in [0.15, 0.2) is 0 Å². The van der Waals surface area contributed by atoms with E-state index in [9.17, 15) is 5.11 Å². The highest BCUT2D eigenvalue weighted by atomic mass is 16.5. The van der Waals surface area contributed by atoms with Crippen molar-refractivity contribution in [3.05, 3.63) is 29.3 Å². The molecule has 0 heterocycles. The largest absolute Gasteiger partial charge is 0.494 e. The Balaban J connectivity index is 1.84. The molecule has 0 amide bonds. The molecule has 2 unspecified atom stereocenters. The van der Waals surface area contributed by atoms with Crippen molar-refractivity contribution in [3.8, 4) is 5.75 Å². The third kappa shape index (κ3) is 5.22. The van der Waals surface area contributed by atoms with Crippen LogP contribution in [0.15, 0.2) is 18.2 Å². The molecule has 2 atom stereocenters. The zero-order valence-corrected chi connectivity index (χ0v) is 14.8. The van der Waals surface area contributed by atoms with Crippen LogP contribution in [0.4, 0.5) is 0 Å². The highest BCUT2D eigenvalue weighted by Gasteiger charge is 2.32. The van der Waals surface area contributed by atoms with E-state index in [-0.39, 0.29) is 6.61 Å². The lowest BCUT2D eigenvalue weighted by Crippen LogP contribution is -2.49. The Morgan fingerprint density at radius 3 is 2.74 bits per heavy atom. The highest BCUT2D eigenvalue weighted by Crippen LogP contribution is 2.33. The number of benzene rings is 1. The van der Waals surface area contributed by atoms with E-state index in [1.165, 1.54) is 36.8 Å². The molecule has 23 heavy (non-hydrogen) atoms. The number of aliphatic hydroxyl groups is 1. The van der Waals surface area contributed by atoms with Gasteiger partial charge in [0.05, 0.1) is 13.2 Å². The zero-order chi connectivity index (χ0) is 16.7. The van der Waals surface area contributed by atoms with E-state index in [0.717, 1.165) is 38.0 Å². The first kappa shape index (κ1) is 18.3. The molecule has 0 saturated heterocycles. The molecule has 0 spiro atoms. The molecule has 1 aliphatic carbocycles. The molecular weight excluding hydrogens is 286 g/mol. The average Bonchev–Trinajstić information content (AvgIpc) is 2.57. The Labute approximate surface area is 141 Å². The SMILES string of the molecule is CCCCCCCOc1ccc2c(c1)CCC(C(C)(N)CO)C2. The predicted molar refractivity (Wildman–Crippen MR) is 95.9 cm³/mol. The number of aryl methyl sites for hydroxylation is 1. The van der Waals surface area contributed by atoms with Gasteiger partial charge in [0.25, 0.3) is 0 Å². The van der Waals surface area contributed by atoms with Crippen LogP contribution in [0.5, 0.6) is 5.75 Å². The van der Waals surface area contributed by atoms with Crippen LogP contribution in [0.1, 0.15) is 63.5 Å². The second-order valence-corrected chi connectivity index (χ2v) is 7.30. The van der Waals surface area contributed by atoms with E-state index in [4.69, 9.17) is 10.5 Å². The van der Waals surface area contributed by atoms with Crippen molar-refractivity contribution in [2.24, 2.45) is 11.7 Å². The van der Waals surface area contributed by atoms with Crippen molar-refractivity contribution in [2.45, 2.75) is 70.8 Å². The number of fused-ring (bicyclic) bond motifs is 1. The summed E-state index contributed by atoms with van der Waals surface area (Å²) in [4.78, 5) is 0. The number of unbranched alkanes of at least 4 members (excludes halogenated alkanes) is 4. The van der Waals surface area contributed by atoms with Gasteiger partial charge in [0.2, 0.25) is 0 Å². The second-order valence-electron chi connectivity index (χ2n) is 7.30. The summed E-state index contributed by atoms with van der Waals surface area (Å²) in [6.45, 7) is 5.06. The summed E-state index contributed by atoms with van der Waals surface area (Å²) < 4.78 is 5.90. The first-order chi connectivity index (χ1) is 11.1. The first-order valence-corrected chi connectivity index (χ1v) is 9.21. The van der Waals surface area contributed by atoms with E-state index in [2.05, 4.69) is 25.1 Å². The minimum absolute atomic E-state index is 0.0478. The summed E-state index contributed by atoms with van der Waals surface area (Å²) in [5.74, 6) is 1.35. The van der Waals surface area contributed by atoms with Gasteiger partial charge in [-0.15, -0.1) is 0 Å². The van der Waals surface area contributed by atoms with Crippen LogP contribution in [0, 0.1) is 5.92 Å². The van der Waals surface area contributed by atoms with E-state index in [1.54, 1.807) is 0 Å². The van der Waals surface area contributed by atoms with Gasteiger partial charge >= 0.3 is 0 Å². The molecule has 0 aromatic heterocycles. The van der Waals surface area contributed by atoms with Gasteiger partial charge in [-0.3, -0.25) is 0 Å². The summed E-state index contributed by atoms with van der Waals surface area (Å²) in [5, 5.41) is 9.47. The Hall–Kier alpha value is -1.06. The van der Waals surface area contributed by atoms with Crippen molar-refractivity contribution in [3.63, 3.8) is 0 Å². The van der Waals surface area contributed by atoms with Crippen LogP contribution in [-0.4, -0.2) is 23.9 Å². The lowest BCUT2D eigenvalue weighted by molar-refractivity contribution is 0.144. The highest BCUT2D eigenvalue weighted by molar-refractivity contribution is 5.38. The Kier molecular flexibility index (Phi) is 6.91. The molecule has 3 heteroatoms. The maximum Gasteiger partial charge on any atom is 0.119 e. The average molecular weight is 319 g/mol. The smallest absolute Gasteiger partial charge is 0.119 e. The van der Waals surface area contributed by atoms with Gasteiger partial charge in [-0.25, -0.2) is 0 Å². The van der Waals surface area contributed by atoms with Gasteiger partial charge in [0, 0.05) is 5.54 Å². The maximum atomic E-state index is 9.47. The van der Waals surface area contributed by atoms with Gasteiger partial charge in [-0.1, -0.05) is 38.7 Å². The summed E-state index contributed by atoms with van der Waals surface area (Å²) in [5.41, 5.74) is 8.49. The van der Waals surface area contributed by atoms with E-state index >= 15 is 0 Å². The standard InChI is InChI=1S/C20H33NO2/c1-3-4-5-6-7-12-23-19-11-9-16-13-18(20(2,21)15-22)10-8-17(16)14-19/h9,11,14,18,22H,3-8,10,12-13,15,21H2,1-2H3. The molecule has 2 rings (SSSR count). The molecule has 0 fully saturated rings. The number of ether oxygens (including phenoxy) is 1. The molecule has 0 bridgehead atoms. The molecule has 1 aromatic carbocycles. The van der Waals surface area contributed by atoms with Gasteiger partial charge < -0.3 is 15.6 Å². The quantitative estimate of drug-likeness (QED) is 0.680. The molecule has 1 aliphatic rings. The van der Waals surface area contributed by atoms with Crippen molar-refractivity contribution in [1.82, 2.24) is 0 Å². The number of aliphatic hydroxyl groups excluding tert-OH is 1. The van der Waals surface area contributed by atoms with Crippen LogP contribution >= 0.6 is 0 Å². The molecule has 3 N–H and O–H groups in total. The van der Waals surface area contributed by atoms with Crippen LogP contribution in [-0.2, 0) is 12.8 Å². The van der Waals surface area contributed by atoms with E-state index < -0.39 is 5.54 Å². The predicted octanol–water partition coefficient (Wildman–Crippen LogP) is 3.85. The minimum atomic E-state index is -0.481. The number of rotatable bonds is 9. The molecular formula is C20H33NO2. The molecule has 1 aromatic rings. The molecule has 0 radical (unpaired) electrons. The summed E-state index contributed by atoms with van der Waals surface area (Å²) in [6.07, 6.45) is 9.35. The van der Waals surface area contributed by atoms with E-state index in [0.29, 0.717) is 5.92 Å². The minimum Gasteiger partial charge on any atom is -0.494 e. The topological polar surface area (TPSA) is 55.5 Å². The van der Waals surface area contributed by atoms with Gasteiger partial charge in [-0.05, 0) is 61.8 Å². The van der Waals surface area contributed by atoms with E-state index in [1.807, 2.05) is 6.92 Å².